The van der Waals surface area contributed by atoms with Crippen molar-refractivity contribution in [2.45, 2.75) is 0 Å². The van der Waals surface area contributed by atoms with Crippen LogP contribution in [-0.2, 0) is 14.3 Å². The molecule has 0 atom stereocenters. The predicted octanol–water partition coefficient (Wildman–Crippen LogP) is 2.17. The van der Waals surface area contributed by atoms with Crippen LogP contribution in [-0.4, -0.2) is 26.8 Å². The van der Waals surface area contributed by atoms with Gasteiger partial charge in [-0.15, -0.1) is 0 Å². The van der Waals surface area contributed by atoms with Crippen molar-refractivity contribution >= 4 is 11.7 Å². The molecule has 4 nitrogen and oxygen atoms in total. The van der Waals surface area contributed by atoms with Crippen molar-refractivity contribution in [2.75, 3.05) is 20.8 Å². The number of carbonyl (C=O) groups excluding carboxylic acids is 1. The second-order valence-electron chi connectivity index (χ2n) is 3.73. The lowest BCUT2D eigenvalue weighted by Gasteiger charge is -2.15. The summed E-state index contributed by atoms with van der Waals surface area (Å²) in [7, 11) is 2.97. The number of hydrogen-bond donors (Lipinski definition) is 0. The van der Waals surface area contributed by atoms with Gasteiger partial charge in [0.05, 0.1) is 19.8 Å². The zero-order valence-electron chi connectivity index (χ0n) is 10.3. The molecule has 4 heteroatoms. The molecule has 1 heterocycles. The van der Waals surface area contributed by atoms with Crippen LogP contribution in [0.15, 0.2) is 42.0 Å². The van der Waals surface area contributed by atoms with E-state index >= 15 is 0 Å². The fourth-order valence-corrected chi connectivity index (χ4v) is 1.62. The van der Waals surface area contributed by atoms with Crippen molar-refractivity contribution in [2.24, 2.45) is 0 Å². The Kier molecular flexibility index (Phi) is 3.67. The Labute approximate surface area is 105 Å². The van der Waals surface area contributed by atoms with Crippen LogP contribution in [0.25, 0.3) is 5.76 Å². The zero-order chi connectivity index (χ0) is 13.0. The second-order valence-corrected chi connectivity index (χ2v) is 3.73. The van der Waals surface area contributed by atoms with E-state index in [4.69, 9.17) is 9.47 Å². The minimum absolute atomic E-state index is 0.227. The van der Waals surface area contributed by atoms with Crippen LogP contribution in [0.4, 0.5) is 0 Å². The zero-order valence-corrected chi connectivity index (χ0v) is 10.3. The van der Waals surface area contributed by atoms with Crippen molar-refractivity contribution < 1.29 is 19.0 Å². The third-order valence-corrected chi connectivity index (χ3v) is 2.64. The summed E-state index contributed by atoms with van der Waals surface area (Å²) in [5, 5.41) is 0. The minimum Gasteiger partial charge on any atom is -0.497 e. The molecule has 0 aliphatic carbocycles. The van der Waals surface area contributed by atoms with Crippen LogP contribution >= 0.6 is 0 Å². The predicted molar refractivity (Wildman–Crippen MR) is 67.0 cm³/mol. The van der Waals surface area contributed by atoms with Crippen molar-refractivity contribution in [3.63, 3.8) is 0 Å². The number of rotatable bonds is 3. The summed E-state index contributed by atoms with van der Waals surface area (Å²) < 4.78 is 15.2. The molecule has 1 aromatic carbocycles. The topological polar surface area (TPSA) is 44.8 Å². The van der Waals surface area contributed by atoms with Crippen LogP contribution in [0.3, 0.4) is 0 Å². The Morgan fingerprint density at radius 1 is 1.17 bits per heavy atom. The molecule has 0 unspecified atom stereocenters. The lowest BCUT2D eigenvalue weighted by Crippen LogP contribution is -2.12. The van der Waals surface area contributed by atoms with E-state index in [1.165, 1.54) is 7.11 Å². The van der Waals surface area contributed by atoms with Gasteiger partial charge in [-0.1, -0.05) is 0 Å². The standard InChI is InChI=1S/C14H14O4/c1-16-12-6-3-10(4-7-12)13-8-5-11(9-18-13)14(15)17-2/h3-8H,9H2,1-2H3. The number of hydrogen-bond acceptors (Lipinski definition) is 4. The van der Waals surface area contributed by atoms with Crippen LogP contribution < -0.4 is 4.74 Å². The van der Waals surface area contributed by atoms with Crippen molar-refractivity contribution in [3.05, 3.63) is 47.6 Å². The molecule has 0 fully saturated rings. The summed E-state index contributed by atoms with van der Waals surface area (Å²) in [6, 6.07) is 7.53. The van der Waals surface area contributed by atoms with Crippen molar-refractivity contribution in [3.8, 4) is 5.75 Å². The van der Waals surface area contributed by atoms with Gasteiger partial charge in [-0.25, -0.2) is 4.79 Å². The Morgan fingerprint density at radius 3 is 2.39 bits per heavy atom. The first-order valence-corrected chi connectivity index (χ1v) is 5.51. The molecule has 1 aliphatic heterocycles. The SMILES string of the molecule is COC(=O)C1=CC=C(c2ccc(OC)cc2)OC1. The quantitative estimate of drug-likeness (QED) is 0.767. The average molecular weight is 246 g/mol. The molecule has 0 amide bonds. The molecule has 0 aromatic heterocycles. The molecule has 0 radical (unpaired) electrons. The largest absolute Gasteiger partial charge is 0.497 e. The van der Waals surface area contributed by atoms with Gasteiger partial charge < -0.3 is 14.2 Å². The number of esters is 1. The molecule has 0 bridgehead atoms. The Balaban J connectivity index is 2.17. The lowest BCUT2D eigenvalue weighted by atomic mass is 10.1. The van der Waals surface area contributed by atoms with Gasteiger partial charge in [0.2, 0.25) is 0 Å². The first-order valence-electron chi connectivity index (χ1n) is 5.51. The normalized spacial score (nSPS) is 14.1. The molecular formula is C14H14O4. The fourth-order valence-electron chi connectivity index (χ4n) is 1.62. The highest BCUT2D eigenvalue weighted by molar-refractivity contribution is 5.90. The fraction of sp³-hybridized carbons (Fsp3) is 0.214. The van der Waals surface area contributed by atoms with Gasteiger partial charge in [0.15, 0.2) is 0 Å². The van der Waals surface area contributed by atoms with E-state index < -0.39 is 0 Å². The van der Waals surface area contributed by atoms with E-state index in [0.29, 0.717) is 5.57 Å². The van der Waals surface area contributed by atoms with Crippen LogP contribution in [0.5, 0.6) is 5.75 Å². The van der Waals surface area contributed by atoms with Crippen LogP contribution in [0, 0.1) is 0 Å². The summed E-state index contributed by atoms with van der Waals surface area (Å²) in [4.78, 5) is 11.3. The maximum absolute atomic E-state index is 11.3. The first kappa shape index (κ1) is 12.2. The number of allylic oxidation sites excluding steroid dienone is 2. The maximum Gasteiger partial charge on any atom is 0.337 e. The van der Waals surface area contributed by atoms with E-state index in [9.17, 15) is 4.79 Å². The van der Waals surface area contributed by atoms with Gasteiger partial charge in [0.25, 0.3) is 0 Å². The number of methoxy groups -OCH3 is 2. The molecular weight excluding hydrogens is 232 g/mol. The van der Waals surface area contributed by atoms with Crippen LogP contribution in [0.1, 0.15) is 5.56 Å². The average Bonchev–Trinajstić information content (AvgIpc) is 2.47. The monoisotopic (exact) mass is 246 g/mol. The summed E-state index contributed by atoms with van der Waals surface area (Å²) in [6.07, 6.45) is 3.48. The van der Waals surface area contributed by atoms with Gasteiger partial charge >= 0.3 is 5.97 Å². The Morgan fingerprint density at radius 2 is 1.89 bits per heavy atom. The third kappa shape index (κ3) is 2.53. The second kappa shape index (κ2) is 5.40. The number of benzene rings is 1. The summed E-state index contributed by atoms with van der Waals surface area (Å²) in [5.74, 6) is 1.16. The van der Waals surface area contributed by atoms with Crippen molar-refractivity contribution in [1.29, 1.82) is 0 Å². The number of carbonyl (C=O) groups is 1. The third-order valence-electron chi connectivity index (χ3n) is 2.64. The molecule has 0 N–H and O–H groups in total. The van der Waals surface area contributed by atoms with Gasteiger partial charge in [0, 0.05) is 5.56 Å². The lowest BCUT2D eigenvalue weighted by molar-refractivity contribution is -0.136. The summed E-state index contributed by atoms with van der Waals surface area (Å²) in [5.41, 5.74) is 1.45. The van der Waals surface area contributed by atoms with Gasteiger partial charge in [-0.3, -0.25) is 0 Å². The Bertz CT molecular complexity index is 497. The van der Waals surface area contributed by atoms with E-state index in [1.54, 1.807) is 19.3 Å². The van der Waals surface area contributed by atoms with Crippen LogP contribution in [0.2, 0.25) is 0 Å². The van der Waals surface area contributed by atoms with Gasteiger partial charge in [-0.05, 0) is 36.4 Å². The molecule has 0 saturated carbocycles. The van der Waals surface area contributed by atoms with E-state index in [-0.39, 0.29) is 12.6 Å². The van der Waals surface area contributed by atoms with Gasteiger partial charge in [0.1, 0.15) is 18.1 Å². The molecule has 0 spiro atoms. The molecule has 0 saturated heterocycles. The minimum atomic E-state index is -0.361. The highest BCUT2D eigenvalue weighted by Crippen LogP contribution is 2.23. The summed E-state index contributed by atoms with van der Waals surface area (Å²) >= 11 is 0. The number of ether oxygens (including phenoxy) is 3. The van der Waals surface area contributed by atoms with Gasteiger partial charge in [-0.2, -0.15) is 0 Å². The highest BCUT2D eigenvalue weighted by Gasteiger charge is 2.15. The summed E-state index contributed by atoms with van der Waals surface area (Å²) in [6.45, 7) is 0.227. The highest BCUT2D eigenvalue weighted by atomic mass is 16.5. The van der Waals surface area contributed by atoms with Crippen molar-refractivity contribution in [1.82, 2.24) is 0 Å². The van der Waals surface area contributed by atoms with E-state index in [1.807, 2.05) is 24.3 Å². The smallest absolute Gasteiger partial charge is 0.337 e. The molecule has 18 heavy (non-hydrogen) atoms. The van der Waals surface area contributed by atoms with E-state index in [2.05, 4.69) is 4.74 Å². The van der Waals surface area contributed by atoms with E-state index in [0.717, 1.165) is 17.1 Å². The molecule has 1 aromatic rings. The first-order chi connectivity index (χ1) is 8.74. The molecule has 94 valence electrons. The molecule has 1 aliphatic rings. The molecule has 2 rings (SSSR count). The maximum atomic E-state index is 11.3. The Hall–Kier alpha value is -2.23.